The lowest BCUT2D eigenvalue weighted by atomic mass is 9.82. The first-order chi connectivity index (χ1) is 8.65. The molecule has 1 aliphatic rings. The molecule has 94 valence electrons. The number of fused-ring (bicyclic) bond motifs is 1. The third-order valence-corrected chi connectivity index (χ3v) is 4.31. The molecule has 1 aromatic carbocycles. The van der Waals surface area contributed by atoms with Crippen LogP contribution in [0.5, 0.6) is 0 Å². The lowest BCUT2D eigenvalue weighted by Gasteiger charge is -2.24. The Morgan fingerprint density at radius 2 is 1.94 bits per heavy atom. The number of hydrogen-bond donors (Lipinski definition) is 1. The summed E-state index contributed by atoms with van der Waals surface area (Å²) in [5.74, 6) is -0.675. The zero-order valence-corrected chi connectivity index (χ0v) is 10.5. The van der Waals surface area contributed by atoms with Crippen LogP contribution in [0.25, 0.3) is 10.9 Å². The van der Waals surface area contributed by atoms with Crippen LogP contribution in [0.2, 0.25) is 0 Å². The molecule has 2 aromatic rings. The van der Waals surface area contributed by atoms with Crippen LogP contribution < -0.4 is 0 Å². The molecular formula is C15H17NO2. The van der Waals surface area contributed by atoms with Gasteiger partial charge in [-0.25, -0.2) is 0 Å². The van der Waals surface area contributed by atoms with Crippen LogP contribution in [-0.4, -0.2) is 15.6 Å². The number of aryl methyl sites for hydroxylation is 1. The van der Waals surface area contributed by atoms with Gasteiger partial charge in [0.2, 0.25) is 0 Å². The van der Waals surface area contributed by atoms with Gasteiger partial charge in [-0.2, -0.15) is 0 Å². The molecule has 1 N–H and O–H groups in total. The van der Waals surface area contributed by atoms with Gasteiger partial charge in [0.05, 0.1) is 0 Å². The van der Waals surface area contributed by atoms with Gasteiger partial charge in [-0.1, -0.05) is 31.0 Å². The van der Waals surface area contributed by atoms with Gasteiger partial charge in [0.25, 0.3) is 0 Å². The summed E-state index contributed by atoms with van der Waals surface area (Å²) in [4.78, 5) is 11.7. The molecule has 3 rings (SSSR count). The molecule has 1 aromatic heterocycles. The highest BCUT2D eigenvalue weighted by Crippen LogP contribution is 2.42. The van der Waals surface area contributed by atoms with Crippen LogP contribution in [0, 0.1) is 0 Å². The standard InChI is InChI=1S/C15H17NO2/c1-16-12-7-3-2-6-11(12)10-13(16)15(14(17)18)8-4-5-9-15/h2-3,6-7,10H,4-5,8-9H2,1H3,(H,17,18). The van der Waals surface area contributed by atoms with Crippen molar-refractivity contribution >= 4 is 16.9 Å². The largest absolute Gasteiger partial charge is 0.481 e. The van der Waals surface area contributed by atoms with Gasteiger partial charge in [-0.3, -0.25) is 4.79 Å². The van der Waals surface area contributed by atoms with E-state index in [4.69, 9.17) is 0 Å². The Morgan fingerprint density at radius 1 is 1.28 bits per heavy atom. The van der Waals surface area contributed by atoms with Crippen LogP contribution in [-0.2, 0) is 17.3 Å². The molecule has 0 atom stereocenters. The number of benzene rings is 1. The fourth-order valence-electron chi connectivity index (χ4n) is 3.31. The molecule has 3 heteroatoms. The maximum atomic E-state index is 11.7. The minimum Gasteiger partial charge on any atom is -0.481 e. The average molecular weight is 243 g/mol. The van der Waals surface area contributed by atoms with Crippen LogP contribution in [0.3, 0.4) is 0 Å². The summed E-state index contributed by atoms with van der Waals surface area (Å²) in [7, 11) is 1.97. The van der Waals surface area contributed by atoms with E-state index in [1.54, 1.807) is 0 Å². The van der Waals surface area contributed by atoms with E-state index in [2.05, 4.69) is 10.6 Å². The third-order valence-electron chi connectivity index (χ3n) is 4.31. The zero-order chi connectivity index (χ0) is 12.8. The number of rotatable bonds is 2. The van der Waals surface area contributed by atoms with Crippen LogP contribution in [0.4, 0.5) is 0 Å². The highest BCUT2D eigenvalue weighted by molar-refractivity contribution is 5.87. The molecule has 1 aliphatic carbocycles. The molecule has 1 heterocycles. The lowest BCUT2D eigenvalue weighted by molar-refractivity contribution is -0.143. The van der Waals surface area contributed by atoms with Gasteiger partial charge in [0, 0.05) is 18.3 Å². The minimum atomic E-state index is -0.675. The highest BCUT2D eigenvalue weighted by atomic mass is 16.4. The van der Waals surface area contributed by atoms with Crippen molar-refractivity contribution in [2.24, 2.45) is 7.05 Å². The summed E-state index contributed by atoms with van der Waals surface area (Å²) in [6.07, 6.45) is 3.53. The maximum Gasteiger partial charge on any atom is 0.315 e. The molecule has 0 unspecified atom stereocenters. The van der Waals surface area contributed by atoms with E-state index in [-0.39, 0.29) is 0 Å². The molecular weight excluding hydrogens is 226 g/mol. The van der Waals surface area contributed by atoms with Crippen LogP contribution in [0.15, 0.2) is 30.3 Å². The van der Waals surface area contributed by atoms with E-state index < -0.39 is 11.4 Å². The smallest absolute Gasteiger partial charge is 0.315 e. The highest BCUT2D eigenvalue weighted by Gasteiger charge is 2.44. The van der Waals surface area contributed by atoms with Crippen molar-refractivity contribution < 1.29 is 9.90 Å². The van der Waals surface area contributed by atoms with Crippen molar-refractivity contribution in [3.63, 3.8) is 0 Å². The van der Waals surface area contributed by atoms with Crippen molar-refractivity contribution in [3.8, 4) is 0 Å². The second kappa shape index (κ2) is 3.87. The Balaban J connectivity index is 2.24. The molecule has 1 fully saturated rings. The Kier molecular flexibility index (Phi) is 2.44. The number of para-hydroxylation sites is 1. The maximum absolute atomic E-state index is 11.7. The van der Waals surface area contributed by atoms with E-state index in [9.17, 15) is 9.90 Å². The number of carbonyl (C=O) groups is 1. The monoisotopic (exact) mass is 243 g/mol. The van der Waals surface area contributed by atoms with Crippen LogP contribution >= 0.6 is 0 Å². The van der Waals surface area contributed by atoms with Crippen molar-refractivity contribution in [3.05, 3.63) is 36.0 Å². The quantitative estimate of drug-likeness (QED) is 0.880. The van der Waals surface area contributed by atoms with Crippen molar-refractivity contribution in [1.29, 1.82) is 0 Å². The van der Waals surface area contributed by atoms with E-state index in [1.165, 1.54) is 0 Å². The van der Waals surface area contributed by atoms with Gasteiger partial charge in [-0.05, 0) is 30.4 Å². The summed E-state index contributed by atoms with van der Waals surface area (Å²) >= 11 is 0. The molecule has 18 heavy (non-hydrogen) atoms. The van der Waals surface area contributed by atoms with Gasteiger partial charge in [0.1, 0.15) is 5.41 Å². The number of aromatic nitrogens is 1. The first kappa shape index (κ1) is 11.3. The summed E-state index contributed by atoms with van der Waals surface area (Å²) in [5.41, 5.74) is 1.39. The third kappa shape index (κ3) is 1.40. The molecule has 0 amide bonds. The first-order valence-corrected chi connectivity index (χ1v) is 6.43. The SMILES string of the molecule is Cn1c(C2(C(=O)O)CCCC2)cc2ccccc21. The molecule has 0 spiro atoms. The molecule has 0 saturated heterocycles. The van der Waals surface area contributed by atoms with Gasteiger partial charge in [-0.15, -0.1) is 0 Å². The Hall–Kier alpha value is -1.77. The summed E-state index contributed by atoms with van der Waals surface area (Å²) in [6, 6.07) is 10.1. The molecule has 0 aliphatic heterocycles. The normalized spacial score (nSPS) is 18.3. The second-order valence-corrected chi connectivity index (χ2v) is 5.24. The number of hydrogen-bond acceptors (Lipinski definition) is 1. The lowest BCUT2D eigenvalue weighted by Crippen LogP contribution is -2.34. The van der Waals surface area contributed by atoms with Crippen molar-refractivity contribution in [2.75, 3.05) is 0 Å². The summed E-state index contributed by atoms with van der Waals surface area (Å²) < 4.78 is 2.05. The summed E-state index contributed by atoms with van der Waals surface area (Å²) in [5, 5.41) is 10.8. The Labute approximate surface area is 106 Å². The topological polar surface area (TPSA) is 42.2 Å². The van der Waals surface area contributed by atoms with Gasteiger partial charge >= 0.3 is 5.97 Å². The molecule has 0 bridgehead atoms. The summed E-state index contributed by atoms with van der Waals surface area (Å²) in [6.45, 7) is 0. The van der Waals surface area contributed by atoms with Gasteiger partial charge in [0.15, 0.2) is 0 Å². The Bertz CT molecular complexity index is 606. The van der Waals surface area contributed by atoms with Crippen molar-refractivity contribution in [1.82, 2.24) is 4.57 Å². The number of carboxylic acid groups (broad SMARTS) is 1. The van der Waals surface area contributed by atoms with Crippen LogP contribution in [0.1, 0.15) is 31.4 Å². The molecule has 0 radical (unpaired) electrons. The zero-order valence-electron chi connectivity index (χ0n) is 10.5. The van der Waals surface area contributed by atoms with E-state index in [1.807, 2.05) is 31.3 Å². The van der Waals surface area contributed by atoms with E-state index in [0.717, 1.165) is 42.3 Å². The van der Waals surface area contributed by atoms with Gasteiger partial charge < -0.3 is 9.67 Å². The van der Waals surface area contributed by atoms with E-state index in [0.29, 0.717) is 0 Å². The first-order valence-electron chi connectivity index (χ1n) is 6.43. The fourth-order valence-corrected chi connectivity index (χ4v) is 3.31. The molecule has 3 nitrogen and oxygen atoms in total. The van der Waals surface area contributed by atoms with E-state index >= 15 is 0 Å². The number of aliphatic carboxylic acids is 1. The van der Waals surface area contributed by atoms with Crippen molar-refractivity contribution in [2.45, 2.75) is 31.1 Å². The Morgan fingerprint density at radius 3 is 2.56 bits per heavy atom. The predicted molar refractivity (Wildman–Crippen MR) is 70.7 cm³/mol. The average Bonchev–Trinajstić information content (AvgIpc) is 2.96. The predicted octanol–water partition coefficient (Wildman–Crippen LogP) is 3.07. The minimum absolute atomic E-state index is 0.673. The number of carboxylic acids is 1. The second-order valence-electron chi connectivity index (χ2n) is 5.24. The molecule has 1 saturated carbocycles. The fraction of sp³-hybridized carbons (Fsp3) is 0.400. The number of nitrogens with zero attached hydrogens (tertiary/aromatic N) is 1.